The number of rotatable bonds is 3. The standard InChI is InChI=1S/C26H23N7/c1-3-21(4-2-19(1)18-32-15-13-27-14-16-32)24-7-8-25-30-17-22(33(25)31-24)6-5-20-9-11-28-26-23(20)10-12-29-26/h1-4,7-12,17,27H,13-16,18H2,(H,28,29). The first kappa shape index (κ1) is 19.7. The van der Waals surface area contributed by atoms with Crippen molar-refractivity contribution in [2.24, 2.45) is 0 Å². The van der Waals surface area contributed by atoms with E-state index in [1.54, 1.807) is 12.4 Å². The highest BCUT2D eigenvalue weighted by atomic mass is 15.3. The Morgan fingerprint density at radius 3 is 2.67 bits per heavy atom. The van der Waals surface area contributed by atoms with Crippen molar-refractivity contribution in [3.05, 3.63) is 83.9 Å². The second-order valence-corrected chi connectivity index (χ2v) is 8.20. The summed E-state index contributed by atoms with van der Waals surface area (Å²) in [6.45, 7) is 5.31. The number of fused-ring (bicyclic) bond motifs is 2. The Hall–Kier alpha value is -3.99. The lowest BCUT2D eigenvalue weighted by atomic mass is 10.1. The number of aromatic nitrogens is 5. The molecule has 33 heavy (non-hydrogen) atoms. The largest absolute Gasteiger partial charge is 0.346 e. The average molecular weight is 434 g/mol. The molecule has 4 aromatic heterocycles. The lowest BCUT2D eigenvalue weighted by Crippen LogP contribution is -2.42. The number of benzene rings is 1. The zero-order valence-electron chi connectivity index (χ0n) is 18.1. The number of nitrogens with one attached hydrogen (secondary N) is 2. The fourth-order valence-corrected chi connectivity index (χ4v) is 4.22. The molecule has 0 bridgehead atoms. The Morgan fingerprint density at radius 2 is 1.79 bits per heavy atom. The van der Waals surface area contributed by atoms with Crippen LogP contribution in [0.25, 0.3) is 27.9 Å². The third-order valence-corrected chi connectivity index (χ3v) is 6.01. The van der Waals surface area contributed by atoms with Crippen LogP contribution in [0.15, 0.2) is 67.1 Å². The summed E-state index contributed by atoms with van der Waals surface area (Å²) < 4.78 is 1.81. The molecule has 162 valence electrons. The summed E-state index contributed by atoms with van der Waals surface area (Å²) in [7, 11) is 0. The van der Waals surface area contributed by atoms with Crippen molar-refractivity contribution >= 4 is 16.7 Å². The molecule has 1 aromatic carbocycles. The Morgan fingerprint density at radius 1 is 0.909 bits per heavy atom. The van der Waals surface area contributed by atoms with Gasteiger partial charge in [-0.1, -0.05) is 30.2 Å². The summed E-state index contributed by atoms with van der Waals surface area (Å²) in [5, 5.41) is 9.24. The molecule has 1 aliphatic rings. The van der Waals surface area contributed by atoms with E-state index in [0.29, 0.717) is 0 Å². The molecule has 5 heterocycles. The van der Waals surface area contributed by atoms with Gasteiger partial charge >= 0.3 is 0 Å². The topological polar surface area (TPSA) is 74.1 Å². The van der Waals surface area contributed by atoms with Gasteiger partial charge in [-0.3, -0.25) is 4.90 Å². The first-order valence-electron chi connectivity index (χ1n) is 11.1. The molecule has 0 spiro atoms. The minimum Gasteiger partial charge on any atom is -0.346 e. The predicted molar refractivity (Wildman–Crippen MR) is 129 cm³/mol. The van der Waals surface area contributed by atoms with E-state index < -0.39 is 0 Å². The zero-order chi connectivity index (χ0) is 22.0. The summed E-state index contributed by atoms with van der Waals surface area (Å²) in [5.41, 5.74) is 6.59. The molecule has 0 saturated carbocycles. The van der Waals surface area contributed by atoms with E-state index in [1.807, 2.05) is 35.0 Å². The van der Waals surface area contributed by atoms with Crippen LogP contribution in [0.1, 0.15) is 16.8 Å². The molecule has 0 atom stereocenters. The molecule has 7 heteroatoms. The first-order valence-corrected chi connectivity index (χ1v) is 11.1. The number of hydrogen-bond acceptors (Lipinski definition) is 5. The SMILES string of the molecule is C(#Cc1cnc2ccc(-c3ccc(CN4CCNCC4)cc3)nn12)c1ccnc2[nH]ccc12. The van der Waals surface area contributed by atoms with Gasteiger partial charge in [0, 0.05) is 61.6 Å². The Bertz CT molecular complexity index is 1480. The van der Waals surface area contributed by atoms with Crippen LogP contribution in [0.4, 0.5) is 0 Å². The van der Waals surface area contributed by atoms with Crippen LogP contribution in [-0.2, 0) is 6.54 Å². The summed E-state index contributed by atoms with van der Waals surface area (Å²) in [4.78, 5) is 14.4. The zero-order valence-corrected chi connectivity index (χ0v) is 18.1. The quantitative estimate of drug-likeness (QED) is 0.428. The van der Waals surface area contributed by atoms with Crippen LogP contribution in [0.5, 0.6) is 0 Å². The molecule has 0 aliphatic carbocycles. The number of aromatic amines is 1. The molecular formula is C26H23N7. The lowest BCUT2D eigenvalue weighted by molar-refractivity contribution is 0.233. The summed E-state index contributed by atoms with van der Waals surface area (Å²) in [5.74, 6) is 6.49. The maximum absolute atomic E-state index is 4.83. The molecular weight excluding hydrogens is 410 g/mol. The van der Waals surface area contributed by atoms with E-state index in [1.165, 1.54) is 5.56 Å². The second-order valence-electron chi connectivity index (χ2n) is 8.20. The molecule has 5 aromatic rings. The molecule has 0 unspecified atom stereocenters. The van der Waals surface area contributed by atoms with E-state index in [9.17, 15) is 0 Å². The smallest absolute Gasteiger partial charge is 0.154 e. The van der Waals surface area contributed by atoms with Crippen LogP contribution in [-0.4, -0.2) is 55.6 Å². The summed E-state index contributed by atoms with van der Waals surface area (Å²) >= 11 is 0. The van der Waals surface area contributed by atoms with Crippen molar-refractivity contribution in [2.45, 2.75) is 6.54 Å². The fourth-order valence-electron chi connectivity index (χ4n) is 4.22. The van der Waals surface area contributed by atoms with Gasteiger partial charge in [-0.05, 0) is 35.7 Å². The van der Waals surface area contributed by atoms with Gasteiger partial charge in [-0.25, -0.2) is 14.5 Å². The maximum Gasteiger partial charge on any atom is 0.154 e. The van der Waals surface area contributed by atoms with Crippen molar-refractivity contribution in [3.8, 4) is 23.1 Å². The highest BCUT2D eigenvalue weighted by molar-refractivity contribution is 5.82. The first-order chi connectivity index (χ1) is 16.3. The molecule has 1 aliphatic heterocycles. The van der Waals surface area contributed by atoms with Crippen molar-refractivity contribution in [2.75, 3.05) is 26.2 Å². The Labute approximate surface area is 191 Å². The second kappa shape index (κ2) is 8.51. The number of piperazine rings is 1. The summed E-state index contributed by atoms with van der Waals surface area (Å²) in [6.07, 6.45) is 5.41. The van der Waals surface area contributed by atoms with Crippen LogP contribution >= 0.6 is 0 Å². The van der Waals surface area contributed by atoms with E-state index in [0.717, 1.165) is 71.9 Å². The van der Waals surface area contributed by atoms with Gasteiger partial charge < -0.3 is 10.3 Å². The number of nitrogens with zero attached hydrogens (tertiary/aromatic N) is 5. The average Bonchev–Trinajstić information content (AvgIpc) is 3.51. The number of imidazole rings is 1. The Kier molecular flexibility index (Phi) is 5.07. The Balaban J connectivity index is 1.28. The van der Waals surface area contributed by atoms with Gasteiger partial charge in [0.1, 0.15) is 11.3 Å². The van der Waals surface area contributed by atoms with E-state index in [4.69, 9.17) is 5.10 Å². The third-order valence-electron chi connectivity index (χ3n) is 6.01. The van der Waals surface area contributed by atoms with Gasteiger partial charge in [-0.2, -0.15) is 5.10 Å². The molecule has 0 amide bonds. The molecule has 6 rings (SSSR count). The van der Waals surface area contributed by atoms with Crippen molar-refractivity contribution in [1.29, 1.82) is 0 Å². The predicted octanol–water partition coefficient (Wildman–Crippen LogP) is 3.08. The van der Waals surface area contributed by atoms with Crippen LogP contribution in [0.2, 0.25) is 0 Å². The van der Waals surface area contributed by atoms with E-state index >= 15 is 0 Å². The fraction of sp³-hybridized carbons (Fsp3) is 0.192. The van der Waals surface area contributed by atoms with Gasteiger partial charge in [0.15, 0.2) is 5.65 Å². The molecule has 1 saturated heterocycles. The van der Waals surface area contributed by atoms with Crippen molar-refractivity contribution in [1.82, 2.24) is 34.8 Å². The minimum absolute atomic E-state index is 0.752. The molecule has 1 fully saturated rings. The third kappa shape index (κ3) is 3.98. The van der Waals surface area contributed by atoms with Gasteiger partial charge in [0.05, 0.1) is 11.9 Å². The maximum atomic E-state index is 4.83. The van der Waals surface area contributed by atoms with Crippen LogP contribution in [0, 0.1) is 11.8 Å². The van der Waals surface area contributed by atoms with Gasteiger partial charge in [0.2, 0.25) is 0 Å². The van der Waals surface area contributed by atoms with E-state index in [2.05, 4.69) is 61.3 Å². The van der Waals surface area contributed by atoms with Gasteiger partial charge in [0.25, 0.3) is 0 Å². The number of hydrogen-bond donors (Lipinski definition) is 2. The van der Waals surface area contributed by atoms with Gasteiger partial charge in [-0.15, -0.1) is 0 Å². The van der Waals surface area contributed by atoms with Crippen molar-refractivity contribution in [3.63, 3.8) is 0 Å². The normalized spacial score (nSPS) is 14.4. The van der Waals surface area contributed by atoms with Crippen LogP contribution < -0.4 is 5.32 Å². The molecule has 0 radical (unpaired) electrons. The lowest BCUT2D eigenvalue weighted by Gasteiger charge is -2.27. The molecule has 7 nitrogen and oxygen atoms in total. The van der Waals surface area contributed by atoms with Crippen molar-refractivity contribution < 1.29 is 0 Å². The number of pyridine rings is 1. The summed E-state index contributed by atoms with van der Waals surface area (Å²) in [6, 6.07) is 16.6. The highest BCUT2D eigenvalue weighted by Crippen LogP contribution is 2.20. The highest BCUT2D eigenvalue weighted by Gasteiger charge is 2.11. The molecule has 2 N–H and O–H groups in total. The van der Waals surface area contributed by atoms with E-state index in [-0.39, 0.29) is 0 Å². The monoisotopic (exact) mass is 433 g/mol. The minimum atomic E-state index is 0.752. The number of H-pyrrole nitrogens is 1. The van der Waals surface area contributed by atoms with Crippen LogP contribution in [0.3, 0.4) is 0 Å².